The molecule has 0 aliphatic rings. The minimum Gasteiger partial charge on any atom is -0.484 e. The molecule has 180 valence electrons. The Bertz CT molecular complexity index is 1220. The Hall–Kier alpha value is -2.68. The van der Waals surface area contributed by atoms with Crippen LogP contribution in [-0.4, -0.2) is 33.4 Å². The van der Waals surface area contributed by atoms with Crippen molar-refractivity contribution in [3.05, 3.63) is 88.9 Å². The van der Waals surface area contributed by atoms with E-state index in [0.29, 0.717) is 22.0 Å². The molecule has 0 saturated carbocycles. The van der Waals surface area contributed by atoms with E-state index in [1.807, 2.05) is 43.5 Å². The molecule has 0 aliphatic heterocycles. The van der Waals surface area contributed by atoms with E-state index < -0.39 is 10.0 Å². The Labute approximate surface area is 210 Å². The Kier molecular flexibility index (Phi) is 8.88. The summed E-state index contributed by atoms with van der Waals surface area (Å²) >= 11 is 7.87. The van der Waals surface area contributed by atoms with Crippen LogP contribution in [-0.2, 0) is 21.4 Å². The van der Waals surface area contributed by atoms with Gasteiger partial charge in [-0.25, -0.2) is 8.42 Å². The fourth-order valence-electron chi connectivity index (χ4n) is 3.30. The minimum absolute atomic E-state index is 0.108. The molecule has 34 heavy (non-hydrogen) atoms. The molecule has 9 heteroatoms. The molecule has 1 N–H and O–H groups in total. The second kappa shape index (κ2) is 11.6. The van der Waals surface area contributed by atoms with Crippen LogP contribution in [0.4, 0.5) is 5.69 Å². The van der Waals surface area contributed by atoms with E-state index in [1.165, 1.54) is 4.31 Å². The fraction of sp³-hybridized carbons (Fsp3) is 0.240. The zero-order valence-electron chi connectivity index (χ0n) is 19.2. The van der Waals surface area contributed by atoms with Crippen LogP contribution in [0.3, 0.4) is 0 Å². The van der Waals surface area contributed by atoms with Gasteiger partial charge in [-0.05, 0) is 66.8 Å². The third kappa shape index (κ3) is 7.16. The first kappa shape index (κ1) is 25.9. The first-order valence-electron chi connectivity index (χ1n) is 10.5. The molecule has 0 bridgehead atoms. The SMILES string of the molecule is CSc1ccc([C@@H](C)NC(=O)COc2ccc(N(Cc3ccccc3Cl)S(C)(=O)=O)cc2)cc1. The van der Waals surface area contributed by atoms with Gasteiger partial charge < -0.3 is 10.1 Å². The molecule has 0 unspecified atom stereocenters. The largest absolute Gasteiger partial charge is 0.484 e. The van der Waals surface area contributed by atoms with E-state index in [0.717, 1.165) is 16.7 Å². The van der Waals surface area contributed by atoms with Gasteiger partial charge in [0.15, 0.2) is 6.61 Å². The van der Waals surface area contributed by atoms with E-state index in [1.54, 1.807) is 54.2 Å². The summed E-state index contributed by atoms with van der Waals surface area (Å²) in [7, 11) is -3.55. The van der Waals surface area contributed by atoms with Crippen LogP contribution in [0.15, 0.2) is 77.7 Å². The number of carbonyl (C=O) groups is 1. The number of anilines is 1. The van der Waals surface area contributed by atoms with Crippen molar-refractivity contribution in [1.29, 1.82) is 0 Å². The number of nitrogens with zero attached hydrogens (tertiary/aromatic N) is 1. The average Bonchev–Trinajstić information content (AvgIpc) is 2.82. The van der Waals surface area contributed by atoms with Crippen molar-refractivity contribution in [2.75, 3.05) is 23.4 Å². The zero-order chi connectivity index (χ0) is 24.7. The van der Waals surface area contributed by atoms with Gasteiger partial charge in [0.25, 0.3) is 5.91 Å². The zero-order valence-corrected chi connectivity index (χ0v) is 21.6. The van der Waals surface area contributed by atoms with Crippen molar-refractivity contribution in [3.8, 4) is 5.75 Å². The predicted octanol–water partition coefficient (Wildman–Crippen LogP) is 5.28. The lowest BCUT2D eigenvalue weighted by Crippen LogP contribution is -2.31. The van der Waals surface area contributed by atoms with E-state index in [4.69, 9.17) is 16.3 Å². The molecule has 1 atom stereocenters. The highest BCUT2D eigenvalue weighted by molar-refractivity contribution is 7.98. The van der Waals surface area contributed by atoms with Gasteiger partial charge in [-0.15, -0.1) is 11.8 Å². The number of thioether (sulfide) groups is 1. The molecule has 0 spiro atoms. The van der Waals surface area contributed by atoms with Crippen LogP contribution in [0.5, 0.6) is 5.75 Å². The molecular weight excluding hydrogens is 492 g/mol. The van der Waals surface area contributed by atoms with Crippen molar-refractivity contribution in [3.63, 3.8) is 0 Å². The third-order valence-electron chi connectivity index (χ3n) is 5.16. The van der Waals surface area contributed by atoms with Crippen LogP contribution in [0, 0.1) is 0 Å². The van der Waals surface area contributed by atoms with Crippen LogP contribution in [0.2, 0.25) is 5.02 Å². The lowest BCUT2D eigenvalue weighted by atomic mass is 10.1. The number of hydrogen-bond donors (Lipinski definition) is 1. The average molecular weight is 519 g/mol. The van der Waals surface area contributed by atoms with Crippen molar-refractivity contribution in [2.45, 2.75) is 24.4 Å². The van der Waals surface area contributed by atoms with Gasteiger partial charge in [0.05, 0.1) is 24.5 Å². The van der Waals surface area contributed by atoms with Crippen LogP contribution < -0.4 is 14.4 Å². The Morgan fingerprint density at radius 1 is 1.06 bits per heavy atom. The number of hydrogen-bond acceptors (Lipinski definition) is 5. The summed E-state index contributed by atoms with van der Waals surface area (Å²) in [5.41, 5.74) is 2.18. The van der Waals surface area contributed by atoms with Gasteiger partial charge in [-0.3, -0.25) is 9.10 Å². The Morgan fingerprint density at radius 2 is 1.71 bits per heavy atom. The summed E-state index contributed by atoms with van der Waals surface area (Å²) in [4.78, 5) is 13.5. The molecule has 3 aromatic rings. The highest BCUT2D eigenvalue weighted by Crippen LogP contribution is 2.26. The highest BCUT2D eigenvalue weighted by atomic mass is 35.5. The first-order chi connectivity index (χ1) is 16.2. The molecule has 0 aromatic heterocycles. The summed E-state index contributed by atoms with van der Waals surface area (Å²) in [6.45, 7) is 1.87. The normalized spacial score (nSPS) is 12.1. The molecule has 3 aromatic carbocycles. The van der Waals surface area contributed by atoms with Gasteiger partial charge in [0.2, 0.25) is 10.0 Å². The molecule has 3 rings (SSSR count). The molecule has 1 amide bonds. The summed E-state index contributed by atoms with van der Waals surface area (Å²) in [5.74, 6) is 0.212. The second-order valence-electron chi connectivity index (χ2n) is 7.71. The van der Waals surface area contributed by atoms with Gasteiger partial charge >= 0.3 is 0 Å². The first-order valence-corrected chi connectivity index (χ1v) is 14.0. The molecular formula is C25H27ClN2O4S2. The number of carbonyl (C=O) groups excluding carboxylic acids is 1. The van der Waals surface area contributed by atoms with Gasteiger partial charge in [-0.2, -0.15) is 0 Å². The third-order valence-corrected chi connectivity index (χ3v) is 7.41. The number of sulfonamides is 1. The maximum atomic E-state index is 12.4. The van der Waals surface area contributed by atoms with E-state index >= 15 is 0 Å². The molecule has 0 heterocycles. The Balaban J connectivity index is 1.60. The van der Waals surface area contributed by atoms with Gasteiger partial charge in [0.1, 0.15) is 5.75 Å². The summed E-state index contributed by atoms with van der Waals surface area (Å²) in [5, 5.41) is 3.41. The maximum Gasteiger partial charge on any atom is 0.258 e. The molecule has 0 aliphatic carbocycles. The number of nitrogens with one attached hydrogen (secondary N) is 1. The lowest BCUT2D eigenvalue weighted by molar-refractivity contribution is -0.123. The summed E-state index contributed by atoms with van der Waals surface area (Å²) in [6.07, 6.45) is 3.16. The molecule has 0 saturated heterocycles. The molecule has 6 nitrogen and oxygen atoms in total. The summed E-state index contributed by atoms with van der Waals surface area (Å²) in [6, 6.07) is 21.5. The van der Waals surface area contributed by atoms with Crippen molar-refractivity contribution >= 4 is 45.0 Å². The smallest absolute Gasteiger partial charge is 0.258 e. The van der Waals surface area contributed by atoms with Crippen LogP contribution in [0.1, 0.15) is 24.1 Å². The number of rotatable bonds is 10. The lowest BCUT2D eigenvalue weighted by Gasteiger charge is -2.23. The number of benzene rings is 3. The van der Waals surface area contributed by atoms with E-state index in [9.17, 15) is 13.2 Å². The number of amides is 1. The monoisotopic (exact) mass is 518 g/mol. The van der Waals surface area contributed by atoms with Crippen molar-refractivity contribution < 1.29 is 17.9 Å². The summed E-state index contributed by atoms with van der Waals surface area (Å²) < 4.78 is 31.7. The van der Waals surface area contributed by atoms with Gasteiger partial charge in [-0.1, -0.05) is 41.9 Å². The highest BCUT2D eigenvalue weighted by Gasteiger charge is 2.19. The van der Waals surface area contributed by atoms with Gasteiger partial charge in [0, 0.05) is 9.92 Å². The molecule has 0 radical (unpaired) electrons. The quantitative estimate of drug-likeness (QED) is 0.369. The van der Waals surface area contributed by atoms with Crippen LogP contribution >= 0.6 is 23.4 Å². The Morgan fingerprint density at radius 3 is 2.29 bits per heavy atom. The standard InChI is InChI=1S/C25H27ClN2O4S2/c1-18(19-8-14-23(33-2)15-9-19)27-25(29)17-32-22-12-10-21(11-13-22)28(34(3,30)31)16-20-6-4-5-7-24(20)26/h4-15,18H,16-17H2,1-3H3,(H,27,29)/t18-/m1/s1. The number of ether oxygens (including phenoxy) is 1. The maximum absolute atomic E-state index is 12.4. The topological polar surface area (TPSA) is 75.7 Å². The minimum atomic E-state index is -3.55. The van der Waals surface area contributed by atoms with E-state index in [2.05, 4.69) is 5.32 Å². The second-order valence-corrected chi connectivity index (χ2v) is 10.9. The van der Waals surface area contributed by atoms with E-state index in [-0.39, 0.29) is 25.1 Å². The number of halogens is 1. The predicted molar refractivity (Wildman–Crippen MR) is 139 cm³/mol. The van der Waals surface area contributed by atoms with Crippen molar-refractivity contribution in [1.82, 2.24) is 5.32 Å². The fourth-order valence-corrected chi connectivity index (χ4v) is 4.78. The van der Waals surface area contributed by atoms with Crippen LogP contribution in [0.25, 0.3) is 0 Å². The molecule has 0 fully saturated rings. The van der Waals surface area contributed by atoms with Crippen molar-refractivity contribution in [2.24, 2.45) is 0 Å².